The van der Waals surface area contributed by atoms with E-state index >= 15 is 0 Å². The van der Waals surface area contributed by atoms with Gasteiger partial charge in [0.25, 0.3) is 0 Å². The van der Waals surface area contributed by atoms with Crippen LogP contribution >= 0.6 is 0 Å². The minimum absolute atomic E-state index is 0.413. The SMILES string of the molecule is CCNc1ccnc(COC2CCC(C)C(C)C2)c1. The molecule has 0 saturated heterocycles. The average molecular weight is 262 g/mol. The Morgan fingerprint density at radius 2 is 2.16 bits per heavy atom. The summed E-state index contributed by atoms with van der Waals surface area (Å²) in [6.07, 6.45) is 5.93. The van der Waals surface area contributed by atoms with Crippen LogP contribution in [-0.4, -0.2) is 17.6 Å². The van der Waals surface area contributed by atoms with E-state index in [0.717, 1.165) is 29.8 Å². The summed E-state index contributed by atoms with van der Waals surface area (Å²) >= 11 is 0. The Labute approximate surface area is 116 Å². The molecule has 0 aromatic carbocycles. The van der Waals surface area contributed by atoms with Crippen molar-refractivity contribution in [2.45, 2.75) is 52.7 Å². The standard InChI is InChI=1S/C16H26N2O/c1-4-17-14-7-8-18-15(10-14)11-19-16-6-5-12(2)13(3)9-16/h7-8,10,12-13,16H,4-6,9,11H2,1-3H3,(H,17,18). The van der Waals surface area contributed by atoms with Crippen LogP contribution in [0.1, 0.15) is 45.7 Å². The lowest BCUT2D eigenvalue weighted by Gasteiger charge is -2.31. The number of nitrogens with one attached hydrogen (secondary N) is 1. The number of hydrogen-bond acceptors (Lipinski definition) is 3. The van der Waals surface area contributed by atoms with E-state index in [-0.39, 0.29) is 0 Å². The third-order valence-corrected chi connectivity index (χ3v) is 4.21. The maximum absolute atomic E-state index is 6.03. The molecule has 0 radical (unpaired) electrons. The van der Waals surface area contributed by atoms with Gasteiger partial charge in [0.05, 0.1) is 18.4 Å². The highest BCUT2D eigenvalue weighted by molar-refractivity contribution is 5.42. The number of anilines is 1. The smallest absolute Gasteiger partial charge is 0.0892 e. The van der Waals surface area contributed by atoms with Crippen LogP contribution in [0.5, 0.6) is 0 Å². The second-order valence-electron chi connectivity index (χ2n) is 5.77. The Morgan fingerprint density at radius 1 is 1.32 bits per heavy atom. The van der Waals surface area contributed by atoms with E-state index in [1.54, 1.807) is 0 Å². The molecule has 0 amide bonds. The normalized spacial score (nSPS) is 27.2. The molecule has 1 saturated carbocycles. The lowest BCUT2D eigenvalue weighted by molar-refractivity contribution is -0.00873. The van der Waals surface area contributed by atoms with Crippen LogP contribution in [0.4, 0.5) is 5.69 Å². The van der Waals surface area contributed by atoms with Crippen molar-refractivity contribution in [1.29, 1.82) is 0 Å². The van der Waals surface area contributed by atoms with Crippen molar-refractivity contribution in [3.05, 3.63) is 24.0 Å². The van der Waals surface area contributed by atoms with Gasteiger partial charge < -0.3 is 10.1 Å². The van der Waals surface area contributed by atoms with Crippen molar-refractivity contribution >= 4 is 5.69 Å². The monoisotopic (exact) mass is 262 g/mol. The molecule has 0 aliphatic heterocycles. The van der Waals surface area contributed by atoms with E-state index in [0.29, 0.717) is 12.7 Å². The molecule has 3 nitrogen and oxygen atoms in total. The third kappa shape index (κ3) is 4.20. The molecule has 3 atom stereocenters. The summed E-state index contributed by atoms with van der Waals surface area (Å²) < 4.78 is 6.03. The zero-order valence-electron chi connectivity index (χ0n) is 12.4. The third-order valence-electron chi connectivity index (χ3n) is 4.21. The summed E-state index contributed by atoms with van der Waals surface area (Å²) in [6.45, 7) is 8.35. The fourth-order valence-corrected chi connectivity index (χ4v) is 2.72. The van der Waals surface area contributed by atoms with Gasteiger partial charge in [-0.15, -0.1) is 0 Å². The summed E-state index contributed by atoms with van der Waals surface area (Å²) in [5.74, 6) is 1.62. The summed E-state index contributed by atoms with van der Waals surface area (Å²) in [5, 5.41) is 3.30. The molecule has 1 aliphatic rings. The van der Waals surface area contributed by atoms with Crippen LogP contribution in [0.2, 0.25) is 0 Å². The molecule has 1 fully saturated rings. The first-order chi connectivity index (χ1) is 9.19. The van der Waals surface area contributed by atoms with E-state index in [2.05, 4.69) is 37.1 Å². The van der Waals surface area contributed by atoms with Crippen molar-refractivity contribution in [3.8, 4) is 0 Å². The molecule has 3 unspecified atom stereocenters. The number of nitrogens with zero attached hydrogens (tertiary/aromatic N) is 1. The van der Waals surface area contributed by atoms with Gasteiger partial charge in [-0.2, -0.15) is 0 Å². The lowest BCUT2D eigenvalue weighted by atomic mass is 9.80. The van der Waals surface area contributed by atoms with Gasteiger partial charge in [0.2, 0.25) is 0 Å². The quantitative estimate of drug-likeness (QED) is 0.875. The molecule has 1 N–H and O–H groups in total. The van der Waals surface area contributed by atoms with Crippen LogP contribution in [0.3, 0.4) is 0 Å². The summed E-state index contributed by atoms with van der Waals surface area (Å²) in [5.41, 5.74) is 2.14. The van der Waals surface area contributed by atoms with Crippen molar-refractivity contribution in [1.82, 2.24) is 4.98 Å². The number of aromatic nitrogens is 1. The van der Waals surface area contributed by atoms with Crippen LogP contribution in [0.25, 0.3) is 0 Å². The van der Waals surface area contributed by atoms with Crippen molar-refractivity contribution < 1.29 is 4.74 Å². The molecule has 19 heavy (non-hydrogen) atoms. The van der Waals surface area contributed by atoms with Gasteiger partial charge in [-0.1, -0.05) is 13.8 Å². The van der Waals surface area contributed by atoms with Crippen LogP contribution < -0.4 is 5.32 Å². The molecule has 1 aromatic heterocycles. The first-order valence-electron chi connectivity index (χ1n) is 7.49. The lowest BCUT2D eigenvalue weighted by Crippen LogP contribution is -2.26. The Bertz CT molecular complexity index is 394. The topological polar surface area (TPSA) is 34.2 Å². The van der Waals surface area contributed by atoms with Gasteiger partial charge in [-0.25, -0.2) is 0 Å². The van der Waals surface area contributed by atoms with Crippen molar-refractivity contribution in [2.24, 2.45) is 11.8 Å². The maximum Gasteiger partial charge on any atom is 0.0892 e. The van der Waals surface area contributed by atoms with Crippen molar-refractivity contribution in [3.63, 3.8) is 0 Å². The number of ether oxygens (including phenoxy) is 1. The molecule has 0 bridgehead atoms. The van der Waals surface area contributed by atoms with Crippen LogP contribution in [-0.2, 0) is 11.3 Å². The van der Waals surface area contributed by atoms with E-state index in [9.17, 15) is 0 Å². The molecule has 1 aromatic rings. The fraction of sp³-hybridized carbons (Fsp3) is 0.688. The van der Waals surface area contributed by atoms with Gasteiger partial charge in [0, 0.05) is 18.4 Å². The van der Waals surface area contributed by atoms with E-state index < -0.39 is 0 Å². The second-order valence-corrected chi connectivity index (χ2v) is 5.77. The average Bonchev–Trinajstić information content (AvgIpc) is 2.41. The molecule has 2 rings (SSSR count). The second kappa shape index (κ2) is 6.90. The highest BCUT2D eigenvalue weighted by Gasteiger charge is 2.24. The predicted molar refractivity (Wildman–Crippen MR) is 79.2 cm³/mol. The number of hydrogen-bond donors (Lipinski definition) is 1. The zero-order chi connectivity index (χ0) is 13.7. The Kier molecular flexibility index (Phi) is 5.20. The largest absolute Gasteiger partial charge is 0.385 e. The molecular formula is C16H26N2O. The highest BCUT2D eigenvalue weighted by Crippen LogP contribution is 2.31. The summed E-state index contributed by atoms with van der Waals surface area (Å²) in [7, 11) is 0. The first-order valence-corrected chi connectivity index (χ1v) is 7.49. The van der Waals surface area contributed by atoms with Gasteiger partial charge in [-0.3, -0.25) is 4.98 Å². The Morgan fingerprint density at radius 3 is 2.89 bits per heavy atom. The molecule has 3 heteroatoms. The number of rotatable bonds is 5. The minimum Gasteiger partial charge on any atom is -0.385 e. The predicted octanol–water partition coefficient (Wildman–Crippen LogP) is 3.85. The molecule has 1 aliphatic carbocycles. The minimum atomic E-state index is 0.413. The molecule has 1 heterocycles. The summed E-state index contributed by atoms with van der Waals surface area (Å²) in [6, 6.07) is 4.08. The van der Waals surface area contributed by atoms with E-state index in [1.165, 1.54) is 19.3 Å². The van der Waals surface area contributed by atoms with Gasteiger partial charge in [0.15, 0.2) is 0 Å². The molecule has 0 spiro atoms. The van der Waals surface area contributed by atoms with E-state index in [1.807, 2.05) is 12.3 Å². The first kappa shape index (κ1) is 14.3. The van der Waals surface area contributed by atoms with Gasteiger partial charge in [0.1, 0.15) is 0 Å². The van der Waals surface area contributed by atoms with Crippen LogP contribution in [0.15, 0.2) is 18.3 Å². The highest BCUT2D eigenvalue weighted by atomic mass is 16.5. The maximum atomic E-state index is 6.03. The van der Waals surface area contributed by atoms with Crippen molar-refractivity contribution in [2.75, 3.05) is 11.9 Å². The fourth-order valence-electron chi connectivity index (χ4n) is 2.72. The Hall–Kier alpha value is -1.09. The Balaban J connectivity index is 1.83. The van der Waals surface area contributed by atoms with Gasteiger partial charge >= 0.3 is 0 Å². The molecular weight excluding hydrogens is 236 g/mol. The van der Waals surface area contributed by atoms with E-state index in [4.69, 9.17) is 4.74 Å². The number of pyridine rings is 1. The van der Waals surface area contributed by atoms with Crippen LogP contribution in [0, 0.1) is 11.8 Å². The molecule has 106 valence electrons. The van der Waals surface area contributed by atoms with Gasteiger partial charge in [-0.05, 0) is 50.2 Å². The summed E-state index contributed by atoms with van der Waals surface area (Å²) in [4.78, 5) is 4.38. The zero-order valence-corrected chi connectivity index (χ0v) is 12.4.